The van der Waals surface area contributed by atoms with Crippen molar-refractivity contribution in [3.8, 4) is 0 Å². The van der Waals surface area contributed by atoms with E-state index in [9.17, 15) is 10.1 Å². The molecule has 0 saturated carbocycles. The fourth-order valence-electron chi connectivity index (χ4n) is 1.03. The second-order valence-corrected chi connectivity index (χ2v) is 3.60. The number of nitro benzene ring substituents is 1. The number of hydrogen-bond acceptors (Lipinski definition) is 4. The van der Waals surface area contributed by atoms with Crippen LogP contribution in [0.25, 0.3) is 0 Å². The average Bonchev–Trinajstić information content (AvgIpc) is 2.16. The molecular weight excluding hydrogens is 252 g/mol. The Morgan fingerprint density at radius 3 is 2.71 bits per heavy atom. The van der Waals surface area contributed by atoms with Gasteiger partial charge in [-0.15, -0.1) is 0 Å². The van der Waals surface area contributed by atoms with E-state index in [4.69, 9.17) is 5.90 Å². The van der Waals surface area contributed by atoms with Crippen LogP contribution < -0.4 is 5.90 Å². The van der Waals surface area contributed by atoms with Crippen LogP contribution in [-0.2, 0) is 4.84 Å². The van der Waals surface area contributed by atoms with Crippen LogP contribution in [0.5, 0.6) is 0 Å². The summed E-state index contributed by atoms with van der Waals surface area (Å²) in [5, 5.41) is 10.4. The minimum absolute atomic E-state index is 0.0323. The molecule has 0 aliphatic heterocycles. The van der Waals surface area contributed by atoms with Crippen molar-refractivity contribution in [2.75, 3.05) is 0 Å². The summed E-state index contributed by atoms with van der Waals surface area (Å²) in [6.07, 6.45) is -0.301. The Bertz CT molecular complexity index is 356. The van der Waals surface area contributed by atoms with E-state index in [1.807, 2.05) is 0 Å². The van der Waals surface area contributed by atoms with Crippen molar-refractivity contribution in [2.45, 2.75) is 13.0 Å². The molecule has 0 heterocycles. The van der Waals surface area contributed by atoms with Crippen molar-refractivity contribution >= 4 is 21.6 Å². The molecule has 2 N–H and O–H groups in total. The van der Waals surface area contributed by atoms with Crippen LogP contribution in [0, 0.1) is 10.1 Å². The molecule has 5 nitrogen and oxygen atoms in total. The van der Waals surface area contributed by atoms with Gasteiger partial charge in [-0.05, 0) is 18.6 Å². The van der Waals surface area contributed by atoms with Crippen molar-refractivity contribution in [3.63, 3.8) is 0 Å². The monoisotopic (exact) mass is 260 g/mol. The molecule has 14 heavy (non-hydrogen) atoms. The Hall–Kier alpha value is -0.980. The summed E-state index contributed by atoms with van der Waals surface area (Å²) in [6, 6.07) is 4.44. The van der Waals surface area contributed by atoms with Gasteiger partial charge >= 0.3 is 0 Å². The molecule has 0 radical (unpaired) electrons. The van der Waals surface area contributed by atoms with Crippen molar-refractivity contribution in [3.05, 3.63) is 38.3 Å². The van der Waals surface area contributed by atoms with Crippen molar-refractivity contribution in [2.24, 2.45) is 5.90 Å². The summed E-state index contributed by atoms with van der Waals surface area (Å²) >= 11 is 3.22. The number of rotatable bonds is 3. The molecule has 0 fully saturated rings. The normalized spacial score (nSPS) is 12.5. The van der Waals surface area contributed by atoms with Gasteiger partial charge in [0.2, 0.25) is 0 Å². The summed E-state index contributed by atoms with van der Waals surface area (Å²) in [6.45, 7) is 1.76. The molecule has 1 atom stereocenters. The maximum Gasteiger partial charge on any atom is 0.270 e. The summed E-state index contributed by atoms with van der Waals surface area (Å²) in [7, 11) is 0. The van der Waals surface area contributed by atoms with Gasteiger partial charge in [0.15, 0.2) is 0 Å². The number of nitrogens with two attached hydrogens (primary N) is 1. The molecule has 76 valence electrons. The lowest BCUT2D eigenvalue weighted by atomic mass is 10.1. The fraction of sp³-hybridized carbons (Fsp3) is 0.250. The lowest BCUT2D eigenvalue weighted by Gasteiger charge is -2.10. The van der Waals surface area contributed by atoms with Gasteiger partial charge in [-0.1, -0.05) is 15.9 Å². The molecule has 6 heteroatoms. The molecule has 0 saturated heterocycles. The van der Waals surface area contributed by atoms with Crippen LogP contribution in [-0.4, -0.2) is 4.92 Å². The minimum atomic E-state index is -0.456. The molecule has 1 rings (SSSR count). The highest BCUT2D eigenvalue weighted by atomic mass is 79.9. The molecular formula is C8H9BrN2O3. The molecule has 1 unspecified atom stereocenters. The van der Waals surface area contributed by atoms with Gasteiger partial charge in [-0.2, -0.15) is 0 Å². The first-order chi connectivity index (χ1) is 6.56. The van der Waals surface area contributed by atoms with E-state index in [2.05, 4.69) is 20.8 Å². The van der Waals surface area contributed by atoms with Gasteiger partial charge in [0.05, 0.1) is 4.92 Å². The number of nitro groups is 1. The zero-order valence-electron chi connectivity index (χ0n) is 7.44. The summed E-state index contributed by atoms with van der Waals surface area (Å²) in [4.78, 5) is 14.6. The Morgan fingerprint density at radius 1 is 1.64 bits per heavy atom. The molecule has 0 aromatic heterocycles. The molecule has 0 spiro atoms. The third-order valence-electron chi connectivity index (χ3n) is 1.84. The van der Waals surface area contributed by atoms with E-state index in [1.165, 1.54) is 12.1 Å². The molecule has 0 amide bonds. The highest BCUT2D eigenvalue weighted by Gasteiger charge is 2.13. The highest BCUT2D eigenvalue weighted by molar-refractivity contribution is 9.10. The first kappa shape index (κ1) is 11.1. The first-order valence-electron chi connectivity index (χ1n) is 3.85. The number of non-ortho nitro benzene ring substituents is 1. The summed E-state index contributed by atoms with van der Waals surface area (Å²) in [5.74, 6) is 5.02. The Kier molecular flexibility index (Phi) is 3.56. The van der Waals surface area contributed by atoms with E-state index in [0.717, 1.165) is 5.56 Å². The maximum absolute atomic E-state index is 10.4. The van der Waals surface area contributed by atoms with Gasteiger partial charge in [-0.25, -0.2) is 5.90 Å². The maximum atomic E-state index is 10.4. The zero-order chi connectivity index (χ0) is 10.7. The van der Waals surface area contributed by atoms with Gasteiger partial charge in [-0.3, -0.25) is 15.0 Å². The number of nitrogens with zero attached hydrogens (tertiary/aromatic N) is 1. The van der Waals surface area contributed by atoms with Crippen LogP contribution in [0.1, 0.15) is 18.6 Å². The third-order valence-corrected chi connectivity index (χ3v) is 2.52. The summed E-state index contributed by atoms with van der Waals surface area (Å²) in [5.41, 5.74) is 0.808. The van der Waals surface area contributed by atoms with Gasteiger partial charge in [0, 0.05) is 16.6 Å². The zero-order valence-corrected chi connectivity index (χ0v) is 9.02. The quantitative estimate of drug-likeness (QED) is 0.668. The van der Waals surface area contributed by atoms with E-state index < -0.39 is 4.92 Å². The molecule has 1 aromatic rings. The van der Waals surface area contributed by atoms with Crippen LogP contribution in [0.2, 0.25) is 0 Å². The van der Waals surface area contributed by atoms with E-state index >= 15 is 0 Å². The van der Waals surface area contributed by atoms with Crippen molar-refractivity contribution < 1.29 is 9.76 Å². The largest absolute Gasteiger partial charge is 0.297 e. The molecule has 0 aliphatic rings. The number of benzene rings is 1. The minimum Gasteiger partial charge on any atom is -0.297 e. The van der Waals surface area contributed by atoms with E-state index in [1.54, 1.807) is 13.0 Å². The lowest BCUT2D eigenvalue weighted by molar-refractivity contribution is -0.385. The predicted molar refractivity (Wildman–Crippen MR) is 54.5 cm³/mol. The van der Waals surface area contributed by atoms with Crippen LogP contribution in [0.4, 0.5) is 5.69 Å². The van der Waals surface area contributed by atoms with Crippen LogP contribution >= 0.6 is 15.9 Å². The molecule has 1 aromatic carbocycles. The number of hydrogen-bond donors (Lipinski definition) is 1. The first-order valence-corrected chi connectivity index (χ1v) is 4.65. The van der Waals surface area contributed by atoms with Crippen molar-refractivity contribution in [1.82, 2.24) is 0 Å². The van der Waals surface area contributed by atoms with Gasteiger partial charge in [0.25, 0.3) is 5.69 Å². The van der Waals surface area contributed by atoms with Crippen molar-refractivity contribution in [1.29, 1.82) is 0 Å². The van der Waals surface area contributed by atoms with Gasteiger partial charge in [0.1, 0.15) is 6.10 Å². The van der Waals surface area contributed by atoms with E-state index in [-0.39, 0.29) is 11.8 Å². The fourth-order valence-corrected chi connectivity index (χ4v) is 1.72. The van der Waals surface area contributed by atoms with Gasteiger partial charge < -0.3 is 0 Å². The van der Waals surface area contributed by atoms with Crippen LogP contribution in [0.15, 0.2) is 22.7 Å². The topological polar surface area (TPSA) is 78.4 Å². The molecule has 0 aliphatic carbocycles. The molecule has 0 bridgehead atoms. The van der Waals surface area contributed by atoms with Crippen LogP contribution in [0.3, 0.4) is 0 Å². The van der Waals surface area contributed by atoms with E-state index in [0.29, 0.717) is 4.47 Å². The summed E-state index contributed by atoms with van der Waals surface area (Å²) < 4.78 is 0.615. The highest BCUT2D eigenvalue weighted by Crippen LogP contribution is 2.28. The third kappa shape index (κ3) is 2.28. The SMILES string of the molecule is CC(ON)c1ccc([N+](=O)[O-])cc1Br. The predicted octanol–water partition coefficient (Wildman–Crippen LogP) is 2.31. The second-order valence-electron chi connectivity index (χ2n) is 2.74. The Morgan fingerprint density at radius 2 is 2.29 bits per heavy atom. The Balaban J connectivity index is 3.07. The standard InChI is InChI=1S/C8H9BrN2O3/c1-5(14-10)7-3-2-6(11(12)13)4-8(7)9/h2-5H,10H2,1H3. The number of halogens is 1. The smallest absolute Gasteiger partial charge is 0.270 e. The second kappa shape index (κ2) is 4.50. The Labute approximate surface area is 89.1 Å². The average molecular weight is 261 g/mol. The lowest BCUT2D eigenvalue weighted by Crippen LogP contribution is -2.06.